The molecule has 0 aliphatic carbocycles. The Kier molecular flexibility index (Phi) is 3.70. The molecular weight excluding hydrogens is 260 g/mol. The maximum atomic E-state index is 12.3. The number of aromatic nitrogens is 1. The quantitative estimate of drug-likeness (QED) is 0.867. The molecular formula is C13H20N4OS. The van der Waals surface area contributed by atoms with E-state index in [2.05, 4.69) is 20.6 Å². The molecule has 0 saturated carbocycles. The molecule has 1 atom stereocenters. The van der Waals surface area contributed by atoms with Crippen molar-refractivity contribution in [1.82, 2.24) is 15.2 Å². The number of amides is 1. The van der Waals surface area contributed by atoms with Crippen LogP contribution in [0.1, 0.15) is 12.1 Å². The summed E-state index contributed by atoms with van der Waals surface area (Å²) in [6.07, 6.45) is 0.991. The lowest BCUT2D eigenvalue weighted by Gasteiger charge is -2.35. The summed E-state index contributed by atoms with van der Waals surface area (Å²) < 4.78 is 0. The van der Waals surface area contributed by atoms with E-state index in [0.717, 1.165) is 56.5 Å². The molecule has 2 aliphatic rings. The van der Waals surface area contributed by atoms with Crippen LogP contribution in [0.4, 0.5) is 5.13 Å². The van der Waals surface area contributed by atoms with E-state index in [1.807, 2.05) is 11.8 Å². The molecule has 5 nitrogen and oxygen atoms in total. The number of anilines is 1. The number of aryl methyl sites for hydroxylation is 1. The summed E-state index contributed by atoms with van der Waals surface area (Å²) in [7, 11) is 0. The predicted molar refractivity (Wildman–Crippen MR) is 76.6 cm³/mol. The van der Waals surface area contributed by atoms with Crippen LogP contribution in [0, 0.1) is 12.8 Å². The average molecular weight is 280 g/mol. The van der Waals surface area contributed by atoms with Crippen molar-refractivity contribution in [1.29, 1.82) is 0 Å². The number of piperazine rings is 1. The van der Waals surface area contributed by atoms with Gasteiger partial charge in [0.25, 0.3) is 0 Å². The lowest BCUT2D eigenvalue weighted by atomic mass is 10.1. The van der Waals surface area contributed by atoms with Crippen LogP contribution in [0.15, 0.2) is 5.38 Å². The topological polar surface area (TPSA) is 48.5 Å². The van der Waals surface area contributed by atoms with Crippen molar-refractivity contribution in [2.45, 2.75) is 13.3 Å². The minimum absolute atomic E-state index is 0.202. The van der Waals surface area contributed by atoms with Crippen molar-refractivity contribution in [2.24, 2.45) is 5.92 Å². The van der Waals surface area contributed by atoms with Gasteiger partial charge in [-0.3, -0.25) is 4.79 Å². The maximum Gasteiger partial charge on any atom is 0.227 e. The first-order chi connectivity index (χ1) is 9.24. The highest BCUT2D eigenvalue weighted by atomic mass is 32.1. The van der Waals surface area contributed by atoms with Crippen LogP contribution in [-0.2, 0) is 4.79 Å². The van der Waals surface area contributed by atoms with E-state index in [-0.39, 0.29) is 5.92 Å². The van der Waals surface area contributed by atoms with Gasteiger partial charge in [0.05, 0.1) is 11.6 Å². The second-order valence-corrected chi connectivity index (χ2v) is 6.11. The molecule has 2 aliphatic heterocycles. The van der Waals surface area contributed by atoms with Crippen molar-refractivity contribution in [2.75, 3.05) is 44.2 Å². The van der Waals surface area contributed by atoms with E-state index in [0.29, 0.717) is 5.91 Å². The number of thiazole rings is 1. The van der Waals surface area contributed by atoms with Crippen LogP contribution in [0.3, 0.4) is 0 Å². The van der Waals surface area contributed by atoms with Gasteiger partial charge in [-0.25, -0.2) is 4.98 Å². The number of hydrogen-bond acceptors (Lipinski definition) is 5. The molecule has 1 unspecified atom stereocenters. The van der Waals surface area contributed by atoms with E-state index in [9.17, 15) is 4.79 Å². The standard InChI is InChI=1S/C13H20N4OS/c1-10-9-19-13(15-10)17-6-4-16(5-7-17)12(18)11-2-3-14-8-11/h9,11,14H,2-8H2,1H3. The summed E-state index contributed by atoms with van der Waals surface area (Å²) in [5.41, 5.74) is 1.08. The van der Waals surface area contributed by atoms with Crippen LogP contribution >= 0.6 is 11.3 Å². The molecule has 1 amide bonds. The third kappa shape index (κ3) is 2.74. The average Bonchev–Trinajstić information content (AvgIpc) is 3.09. The molecule has 0 radical (unpaired) electrons. The van der Waals surface area contributed by atoms with Gasteiger partial charge >= 0.3 is 0 Å². The van der Waals surface area contributed by atoms with E-state index in [1.165, 1.54) is 0 Å². The molecule has 6 heteroatoms. The highest BCUT2D eigenvalue weighted by Gasteiger charge is 2.29. The van der Waals surface area contributed by atoms with Crippen LogP contribution in [0.5, 0.6) is 0 Å². The van der Waals surface area contributed by atoms with Crippen LogP contribution in [0.25, 0.3) is 0 Å². The third-order valence-corrected chi connectivity index (χ3v) is 4.90. The van der Waals surface area contributed by atoms with Gasteiger partial charge in [0.1, 0.15) is 0 Å². The molecule has 1 aromatic rings. The minimum atomic E-state index is 0.202. The van der Waals surface area contributed by atoms with Crippen LogP contribution in [0.2, 0.25) is 0 Å². The number of nitrogens with one attached hydrogen (secondary N) is 1. The second-order valence-electron chi connectivity index (χ2n) is 5.27. The van der Waals surface area contributed by atoms with Crippen LogP contribution < -0.4 is 10.2 Å². The Balaban J connectivity index is 1.55. The molecule has 3 heterocycles. The summed E-state index contributed by atoms with van der Waals surface area (Å²) in [4.78, 5) is 21.1. The van der Waals surface area contributed by atoms with Crippen LogP contribution in [-0.4, -0.2) is 55.1 Å². The molecule has 1 N–H and O–H groups in total. The maximum absolute atomic E-state index is 12.3. The van der Waals surface area contributed by atoms with Gasteiger partial charge in [-0.1, -0.05) is 0 Å². The van der Waals surface area contributed by atoms with Crippen molar-refractivity contribution in [3.05, 3.63) is 11.1 Å². The number of carbonyl (C=O) groups is 1. The molecule has 3 rings (SSSR count). The Labute approximate surface area is 117 Å². The van der Waals surface area contributed by atoms with E-state index in [4.69, 9.17) is 0 Å². The first-order valence-corrected chi connectivity index (χ1v) is 7.78. The third-order valence-electron chi connectivity index (χ3n) is 3.88. The van der Waals surface area contributed by atoms with Gasteiger partial charge in [0.2, 0.25) is 5.91 Å². The zero-order valence-corrected chi connectivity index (χ0v) is 12.1. The molecule has 0 aromatic carbocycles. The lowest BCUT2D eigenvalue weighted by Crippen LogP contribution is -2.50. The molecule has 104 valence electrons. The smallest absolute Gasteiger partial charge is 0.227 e. The Hall–Kier alpha value is -1.14. The summed E-state index contributed by atoms with van der Waals surface area (Å²) in [6.45, 7) is 7.31. The normalized spacial score (nSPS) is 23.9. The van der Waals surface area contributed by atoms with Gasteiger partial charge in [0.15, 0.2) is 5.13 Å². The summed E-state index contributed by atoms with van der Waals surface area (Å²) in [6, 6.07) is 0. The Morgan fingerprint density at radius 2 is 2.21 bits per heavy atom. The Morgan fingerprint density at radius 1 is 1.42 bits per heavy atom. The van der Waals surface area contributed by atoms with Gasteiger partial charge in [-0.15, -0.1) is 11.3 Å². The highest BCUT2D eigenvalue weighted by Crippen LogP contribution is 2.22. The summed E-state index contributed by atoms with van der Waals surface area (Å²) in [5, 5.41) is 6.43. The number of nitrogens with zero attached hydrogens (tertiary/aromatic N) is 3. The van der Waals surface area contributed by atoms with Gasteiger partial charge in [-0.2, -0.15) is 0 Å². The van der Waals surface area contributed by atoms with Gasteiger partial charge in [-0.05, 0) is 19.9 Å². The summed E-state index contributed by atoms with van der Waals surface area (Å²) in [5.74, 6) is 0.536. The van der Waals surface area contributed by atoms with E-state index >= 15 is 0 Å². The fourth-order valence-corrected chi connectivity index (χ4v) is 3.59. The Morgan fingerprint density at radius 3 is 2.79 bits per heavy atom. The molecule has 0 bridgehead atoms. The first kappa shape index (κ1) is 12.9. The monoisotopic (exact) mass is 280 g/mol. The fourth-order valence-electron chi connectivity index (χ4n) is 2.73. The molecule has 2 fully saturated rings. The molecule has 1 aromatic heterocycles. The van der Waals surface area contributed by atoms with Crippen molar-refractivity contribution in [3.8, 4) is 0 Å². The molecule has 19 heavy (non-hydrogen) atoms. The second kappa shape index (κ2) is 5.46. The van der Waals surface area contributed by atoms with Gasteiger partial charge < -0.3 is 15.1 Å². The van der Waals surface area contributed by atoms with Crippen molar-refractivity contribution in [3.63, 3.8) is 0 Å². The Bertz CT molecular complexity index is 447. The summed E-state index contributed by atoms with van der Waals surface area (Å²) >= 11 is 1.69. The van der Waals surface area contributed by atoms with Crippen molar-refractivity contribution >= 4 is 22.4 Å². The number of rotatable bonds is 2. The number of carbonyl (C=O) groups excluding carboxylic acids is 1. The van der Waals surface area contributed by atoms with Gasteiger partial charge in [0, 0.05) is 38.1 Å². The zero-order chi connectivity index (χ0) is 13.2. The lowest BCUT2D eigenvalue weighted by molar-refractivity contribution is -0.135. The zero-order valence-electron chi connectivity index (χ0n) is 11.3. The molecule has 2 saturated heterocycles. The fraction of sp³-hybridized carbons (Fsp3) is 0.692. The van der Waals surface area contributed by atoms with E-state index < -0.39 is 0 Å². The number of hydrogen-bond donors (Lipinski definition) is 1. The molecule has 0 spiro atoms. The SMILES string of the molecule is Cc1csc(N2CCN(C(=O)C3CCNC3)CC2)n1. The van der Waals surface area contributed by atoms with Crippen molar-refractivity contribution < 1.29 is 4.79 Å². The first-order valence-electron chi connectivity index (χ1n) is 6.90. The largest absolute Gasteiger partial charge is 0.345 e. The van der Waals surface area contributed by atoms with E-state index in [1.54, 1.807) is 11.3 Å². The highest BCUT2D eigenvalue weighted by molar-refractivity contribution is 7.13. The predicted octanol–water partition coefficient (Wildman–Crippen LogP) is 0.710. The minimum Gasteiger partial charge on any atom is -0.345 e.